The Bertz CT molecular complexity index is 596. The van der Waals surface area contributed by atoms with Gasteiger partial charge in [-0.2, -0.15) is 0 Å². The first-order valence-corrected chi connectivity index (χ1v) is 9.50. The first-order chi connectivity index (χ1) is 12.9. The summed E-state index contributed by atoms with van der Waals surface area (Å²) in [5, 5.41) is 6.57. The van der Waals surface area contributed by atoms with E-state index in [-0.39, 0.29) is 36.1 Å². The van der Waals surface area contributed by atoms with Crippen molar-refractivity contribution in [1.82, 2.24) is 15.5 Å². The second-order valence-corrected chi connectivity index (χ2v) is 7.47. The van der Waals surface area contributed by atoms with Gasteiger partial charge in [-0.25, -0.2) is 4.79 Å². The average Bonchev–Trinajstić information content (AvgIpc) is 3.05. The van der Waals surface area contributed by atoms with Crippen molar-refractivity contribution >= 4 is 36.0 Å². The van der Waals surface area contributed by atoms with Crippen molar-refractivity contribution in [1.29, 1.82) is 0 Å². The molecule has 2 rings (SSSR count). The van der Waals surface area contributed by atoms with E-state index < -0.39 is 5.60 Å². The monoisotopic (exact) mass is 508 g/mol. The molecule has 2 N–H and O–H groups in total. The van der Waals surface area contributed by atoms with E-state index in [1.54, 1.807) is 11.2 Å². The number of rotatable bonds is 8. The lowest BCUT2D eigenvalue weighted by Crippen LogP contribution is -2.63. The van der Waals surface area contributed by atoms with Gasteiger partial charge in [0.1, 0.15) is 18.0 Å². The van der Waals surface area contributed by atoms with E-state index in [1.807, 2.05) is 39.8 Å². The molecule has 160 valence electrons. The zero-order valence-corrected chi connectivity index (χ0v) is 19.5. The molecule has 1 aromatic rings. The third-order valence-electron chi connectivity index (χ3n) is 3.76. The summed E-state index contributed by atoms with van der Waals surface area (Å²) in [6.07, 6.45) is 2.20. The molecule has 1 amide bonds. The minimum Gasteiger partial charge on any atom is -0.467 e. The lowest BCUT2D eigenvalue weighted by atomic mass is 10.1. The van der Waals surface area contributed by atoms with Crippen molar-refractivity contribution in [2.24, 2.45) is 4.99 Å². The number of aliphatic imine (C=N–C) groups is 1. The van der Waals surface area contributed by atoms with Crippen LogP contribution >= 0.6 is 24.0 Å². The number of hydrogen-bond acceptors (Lipinski definition) is 5. The Morgan fingerprint density at radius 2 is 2.14 bits per heavy atom. The van der Waals surface area contributed by atoms with Crippen LogP contribution in [0.3, 0.4) is 0 Å². The van der Waals surface area contributed by atoms with Gasteiger partial charge in [0.05, 0.1) is 12.3 Å². The molecule has 0 aromatic carbocycles. The molecule has 0 aliphatic carbocycles. The summed E-state index contributed by atoms with van der Waals surface area (Å²) >= 11 is 0. The van der Waals surface area contributed by atoms with Gasteiger partial charge in [0.15, 0.2) is 5.96 Å². The minimum atomic E-state index is -0.467. The second-order valence-electron chi connectivity index (χ2n) is 7.47. The minimum absolute atomic E-state index is 0. The number of ether oxygens (including phenoxy) is 2. The van der Waals surface area contributed by atoms with Crippen LogP contribution in [-0.2, 0) is 16.1 Å². The Hall–Kier alpha value is -1.49. The van der Waals surface area contributed by atoms with E-state index in [9.17, 15) is 4.79 Å². The zero-order valence-electron chi connectivity index (χ0n) is 17.2. The molecular formula is C19H33IN4O4. The normalized spacial score (nSPS) is 14.9. The lowest BCUT2D eigenvalue weighted by Gasteiger charge is -2.40. The van der Waals surface area contributed by atoms with E-state index in [4.69, 9.17) is 13.9 Å². The predicted octanol–water partition coefficient (Wildman–Crippen LogP) is 2.98. The van der Waals surface area contributed by atoms with Crippen LogP contribution in [-0.4, -0.2) is 61.4 Å². The molecule has 0 atom stereocenters. The van der Waals surface area contributed by atoms with Crippen LogP contribution in [0.5, 0.6) is 0 Å². The summed E-state index contributed by atoms with van der Waals surface area (Å²) in [6, 6.07) is 3.93. The third kappa shape index (κ3) is 9.13. The number of furan rings is 1. The third-order valence-corrected chi connectivity index (χ3v) is 3.76. The Labute approximate surface area is 184 Å². The summed E-state index contributed by atoms with van der Waals surface area (Å²) < 4.78 is 16.1. The van der Waals surface area contributed by atoms with Crippen molar-refractivity contribution in [2.45, 2.75) is 52.4 Å². The van der Waals surface area contributed by atoms with Gasteiger partial charge >= 0.3 is 6.09 Å². The van der Waals surface area contributed by atoms with Crippen LogP contribution in [0.2, 0.25) is 0 Å². The van der Waals surface area contributed by atoms with Crippen LogP contribution in [0, 0.1) is 0 Å². The van der Waals surface area contributed by atoms with Crippen LogP contribution in [0.25, 0.3) is 0 Å². The first-order valence-electron chi connectivity index (χ1n) is 9.50. The van der Waals surface area contributed by atoms with Gasteiger partial charge in [0.2, 0.25) is 0 Å². The highest BCUT2D eigenvalue weighted by Gasteiger charge is 2.34. The molecule has 1 saturated heterocycles. The fraction of sp³-hybridized carbons (Fsp3) is 0.684. The molecule has 1 aromatic heterocycles. The average molecular weight is 508 g/mol. The van der Waals surface area contributed by atoms with Gasteiger partial charge < -0.3 is 29.4 Å². The summed E-state index contributed by atoms with van der Waals surface area (Å²) in [6.45, 7) is 11.4. The largest absolute Gasteiger partial charge is 0.467 e. The molecule has 0 bridgehead atoms. The molecule has 1 aliphatic heterocycles. The lowest BCUT2D eigenvalue weighted by molar-refractivity contribution is 0.00700. The standard InChI is InChI=1S/C19H32N4O4.HI/c1-5-20-17(21-9-7-10-25-14-16-8-6-11-26-16)22-15-12-23(13-15)18(24)27-19(2,3)4;/h6,8,11,15H,5,7,9-10,12-14H2,1-4H3,(H2,20,21,22);1H. The van der Waals surface area contributed by atoms with E-state index in [0.29, 0.717) is 32.8 Å². The van der Waals surface area contributed by atoms with E-state index in [2.05, 4.69) is 15.6 Å². The Kier molecular flexibility index (Phi) is 10.7. The molecule has 0 saturated carbocycles. The van der Waals surface area contributed by atoms with Gasteiger partial charge in [0.25, 0.3) is 0 Å². The van der Waals surface area contributed by atoms with Crippen LogP contribution < -0.4 is 10.6 Å². The molecule has 0 spiro atoms. The Morgan fingerprint density at radius 1 is 1.39 bits per heavy atom. The number of halogens is 1. The van der Waals surface area contributed by atoms with Crippen LogP contribution in [0.4, 0.5) is 4.79 Å². The maximum absolute atomic E-state index is 12.0. The van der Waals surface area contributed by atoms with Gasteiger partial charge in [-0.15, -0.1) is 24.0 Å². The highest BCUT2D eigenvalue weighted by Crippen LogP contribution is 2.15. The number of carbonyl (C=O) groups excluding carboxylic acids is 1. The second kappa shape index (κ2) is 12.2. The maximum Gasteiger partial charge on any atom is 0.410 e. The number of nitrogens with one attached hydrogen (secondary N) is 2. The van der Waals surface area contributed by atoms with Crippen LogP contribution in [0.1, 0.15) is 39.9 Å². The van der Waals surface area contributed by atoms with Crippen molar-refractivity contribution in [3.05, 3.63) is 24.2 Å². The Morgan fingerprint density at radius 3 is 2.75 bits per heavy atom. The van der Waals surface area contributed by atoms with E-state index >= 15 is 0 Å². The number of carbonyl (C=O) groups is 1. The maximum atomic E-state index is 12.0. The molecule has 0 radical (unpaired) electrons. The molecule has 1 fully saturated rings. The smallest absolute Gasteiger partial charge is 0.410 e. The topological polar surface area (TPSA) is 88.3 Å². The number of amides is 1. The summed E-state index contributed by atoms with van der Waals surface area (Å²) in [5.74, 6) is 1.59. The molecule has 28 heavy (non-hydrogen) atoms. The number of nitrogens with zero attached hydrogens (tertiary/aromatic N) is 2. The van der Waals surface area contributed by atoms with Crippen LogP contribution in [0.15, 0.2) is 27.8 Å². The van der Waals surface area contributed by atoms with Gasteiger partial charge in [-0.1, -0.05) is 0 Å². The van der Waals surface area contributed by atoms with Gasteiger partial charge in [-0.05, 0) is 46.2 Å². The molecule has 1 aliphatic rings. The number of likely N-dealkylation sites (tertiary alicyclic amines) is 1. The molecular weight excluding hydrogens is 475 g/mol. The fourth-order valence-corrected chi connectivity index (χ4v) is 2.48. The predicted molar refractivity (Wildman–Crippen MR) is 119 cm³/mol. The molecule has 2 heterocycles. The molecule has 9 heteroatoms. The van der Waals surface area contributed by atoms with Crippen molar-refractivity contribution in [3.8, 4) is 0 Å². The van der Waals surface area contributed by atoms with Gasteiger partial charge in [0, 0.05) is 32.8 Å². The molecule has 0 unspecified atom stereocenters. The molecule has 8 nitrogen and oxygen atoms in total. The highest BCUT2D eigenvalue weighted by atomic mass is 127. The fourth-order valence-electron chi connectivity index (χ4n) is 2.48. The van der Waals surface area contributed by atoms with Gasteiger partial charge in [-0.3, -0.25) is 4.99 Å². The summed E-state index contributed by atoms with van der Waals surface area (Å²) in [5.41, 5.74) is -0.467. The number of guanidine groups is 1. The van der Waals surface area contributed by atoms with Crippen molar-refractivity contribution in [3.63, 3.8) is 0 Å². The number of hydrogen-bond donors (Lipinski definition) is 2. The van der Waals surface area contributed by atoms with E-state index in [1.165, 1.54) is 0 Å². The van der Waals surface area contributed by atoms with Crippen molar-refractivity contribution in [2.75, 3.05) is 32.8 Å². The summed E-state index contributed by atoms with van der Waals surface area (Å²) in [4.78, 5) is 18.2. The SMILES string of the molecule is CCNC(=NCCCOCc1ccco1)NC1CN(C(=O)OC(C)(C)C)C1.I. The van der Waals surface area contributed by atoms with Crippen molar-refractivity contribution < 1.29 is 18.7 Å². The van der Waals surface area contributed by atoms with E-state index in [0.717, 1.165) is 24.7 Å². The summed E-state index contributed by atoms with van der Waals surface area (Å²) in [7, 11) is 0. The Balaban J connectivity index is 0.00000392. The quantitative estimate of drug-likeness (QED) is 0.243. The first kappa shape index (κ1) is 24.5. The highest BCUT2D eigenvalue weighted by molar-refractivity contribution is 14.0. The zero-order chi connectivity index (χ0) is 19.7.